The molecular formula is C17H25N5O3. The van der Waals surface area contributed by atoms with Crippen molar-refractivity contribution in [2.45, 2.75) is 52.9 Å². The summed E-state index contributed by atoms with van der Waals surface area (Å²) in [5, 5.41) is 15.8. The van der Waals surface area contributed by atoms with Crippen molar-refractivity contribution in [3.63, 3.8) is 0 Å². The average Bonchev–Trinajstić information content (AvgIpc) is 2.92. The average molecular weight is 347 g/mol. The number of carbonyl (C=O) groups excluding carboxylic acids is 2. The molecule has 0 spiro atoms. The highest BCUT2D eigenvalue weighted by molar-refractivity contribution is 5.91. The zero-order valence-electron chi connectivity index (χ0n) is 15.2. The van der Waals surface area contributed by atoms with Gasteiger partial charge in [0.25, 0.3) is 0 Å². The van der Waals surface area contributed by atoms with Gasteiger partial charge in [-0.15, -0.1) is 0 Å². The molecule has 1 N–H and O–H groups in total. The molecular weight excluding hydrogens is 322 g/mol. The maximum Gasteiger partial charge on any atom is 0.244 e. The van der Waals surface area contributed by atoms with Crippen molar-refractivity contribution in [2.75, 3.05) is 18.4 Å². The Bertz CT molecular complexity index is 666. The van der Waals surface area contributed by atoms with Gasteiger partial charge in [-0.25, -0.2) is 0 Å². The van der Waals surface area contributed by atoms with Crippen LogP contribution < -0.4 is 5.32 Å². The van der Waals surface area contributed by atoms with Crippen molar-refractivity contribution >= 4 is 17.5 Å². The second-order valence-electron chi connectivity index (χ2n) is 7.20. The number of hydrogen-bond acceptors (Lipinski definition) is 5. The first-order valence-corrected chi connectivity index (χ1v) is 8.35. The molecule has 1 aliphatic rings. The number of nitrogens with zero attached hydrogens (tertiary/aromatic N) is 4. The molecule has 1 saturated heterocycles. The van der Waals surface area contributed by atoms with Crippen LogP contribution in [-0.2, 0) is 20.9 Å². The number of amides is 2. The van der Waals surface area contributed by atoms with Gasteiger partial charge in [-0.3, -0.25) is 14.3 Å². The van der Waals surface area contributed by atoms with Crippen LogP contribution in [0.2, 0.25) is 0 Å². The first-order chi connectivity index (χ1) is 11.7. The van der Waals surface area contributed by atoms with Crippen LogP contribution in [0.25, 0.3) is 0 Å². The maximum atomic E-state index is 12.4. The van der Waals surface area contributed by atoms with Crippen LogP contribution in [0, 0.1) is 16.7 Å². The monoisotopic (exact) mass is 347 g/mol. The normalized spacial score (nSPS) is 20.8. The van der Waals surface area contributed by atoms with E-state index in [0.717, 1.165) is 0 Å². The first kappa shape index (κ1) is 18.9. The highest BCUT2D eigenvalue weighted by Crippen LogP contribution is 2.19. The van der Waals surface area contributed by atoms with E-state index in [-0.39, 0.29) is 37.0 Å². The van der Waals surface area contributed by atoms with Gasteiger partial charge in [0, 0.05) is 25.7 Å². The third-order valence-corrected chi connectivity index (χ3v) is 3.89. The van der Waals surface area contributed by atoms with E-state index in [1.165, 1.54) is 10.9 Å². The third kappa shape index (κ3) is 5.57. The fourth-order valence-electron chi connectivity index (χ4n) is 2.78. The Kier molecular flexibility index (Phi) is 5.80. The van der Waals surface area contributed by atoms with Gasteiger partial charge in [-0.2, -0.15) is 10.4 Å². The van der Waals surface area contributed by atoms with E-state index >= 15 is 0 Å². The van der Waals surface area contributed by atoms with Crippen molar-refractivity contribution in [2.24, 2.45) is 5.41 Å². The lowest BCUT2D eigenvalue weighted by atomic mass is 9.91. The predicted octanol–water partition coefficient (Wildman–Crippen LogP) is 1.40. The maximum absolute atomic E-state index is 12.4. The number of rotatable bonds is 5. The minimum atomic E-state index is -0.722. The molecule has 0 saturated carbocycles. The summed E-state index contributed by atoms with van der Waals surface area (Å²) in [5.41, 5.74) is -0.213. The number of hydrogen-bond donors (Lipinski definition) is 1. The van der Waals surface area contributed by atoms with Gasteiger partial charge in [0.1, 0.15) is 6.54 Å². The number of ether oxygens (including phenoxy) is 1. The standard InChI is InChI=1S/C17H25N5O3/c1-12-7-21(8-13(2)25-12)16(24)10-22-9-14(6-19-22)20-15(23)5-17(3,4)11-18/h6,9,12-13H,5,7-8,10H2,1-4H3,(H,20,23)/t12-,13+. The number of nitriles is 1. The molecule has 136 valence electrons. The van der Waals surface area contributed by atoms with Crippen molar-refractivity contribution in [1.82, 2.24) is 14.7 Å². The van der Waals surface area contributed by atoms with E-state index in [9.17, 15) is 9.59 Å². The Labute approximate surface area is 147 Å². The first-order valence-electron chi connectivity index (χ1n) is 8.35. The molecule has 8 heteroatoms. The van der Waals surface area contributed by atoms with Crippen molar-refractivity contribution in [3.05, 3.63) is 12.4 Å². The van der Waals surface area contributed by atoms with Crippen molar-refractivity contribution < 1.29 is 14.3 Å². The summed E-state index contributed by atoms with van der Waals surface area (Å²) in [4.78, 5) is 26.1. The lowest BCUT2D eigenvalue weighted by molar-refractivity contribution is -0.144. The number of aromatic nitrogens is 2. The Morgan fingerprint density at radius 1 is 1.40 bits per heavy atom. The Hall–Kier alpha value is -2.40. The third-order valence-electron chi connectivity index (χ3n) is 3.89. The molecule has 8 nitrogen and oxygen atoms in total. The fraction of sp³-hybridized carbons (Fsp3) is 0.647. The lowest BCUT2D eigenvalue weighted by Crippen LogP contribution is -2.49. The summed E-state index contributed by atoms with van der Waals surface area (Å²) in [6.45, 7) is 8.55. The van der Waals surface area contributed by atoms with Crippen LogP contribution in [-0.4, -0.2) is 51.8 Å². The largest absolute Gasteiger partial charge is 0.372 e. The van der Waals surface area contributed by atoms with Crippen molar-refractivity contribution in [3.8, 4) is 6.07 Å². The molecule has 2 heterocycles. The minimum Gasteiger partial charge on any atom is -0.372 e. The van der Waals surface area contributed by atoms with Gasteiger partial charge < -0.3 is 15.0 Å². The number of carbonyl (C=O) groups is 2. The molecule has 1 fully saturated rings. The predicted molar refractivity (Wildman–Crippen MR) is 91.5 cm³/mol. The summed E-state index contributed by atoms with van der Waals surface area (Å²) in [6, 6.07) is 2.09. The molecule has 1 aromatic heterocycles. The van der Waals surface area contributed by atoms with Crippen LogP contribution in [0.3, 0.4) is 0 Å². The smallest absolute Gasteiger partial charge is 0.244 e. The summed E-state index contributed by atoms with van der Waals surface area (Å²) in [6.07, 6.45) is 3.24. The molecule has 0 radical (unpaired) electrons. The molecule has 1 aromatic rings. The Morgan fingerprint density at radius 3 is 2.64 bits per heavy atom. The number of morpholine rings is 1. The van der Waals surface area contributed by atoms with Gasteiger partial charge in [-0.1, -0.05) is 0 Å². The number of nitrogens with one attached hydrogen (secondary N) is 1. The molecule has 0 unspecified atom stereocenters. The summed E-state index contributed by atoms with van der Waals surface area (Å²) in [7, 11) is 0. The van der Waals surface area contributed by atoms with Gasteiger partial charge in [0.15, 0.2) is 0 Å². The van der Waals surface area contributed by atoms with Gasteiger partial charge in [-0.05, 0) is 27.7 Å². The van der Waals surface area contributed by atoms with E-state index in [4.69, 9.17) is 10.00 Å². The molecule has 0 bridgehead atoms. The van der Waals surface area contributed by atoms with E-state index in [1.54, 1.807) is 24.9 Å². The molecule has 0 aliphatic carbocycles. The van der Waals surface area contributed by atoms with Crippen LogP contribution >= 0.6 is 0 Å². The summed E-state index contributed by atoms with van der Waals surface area (Å²) in [5.74, 6) is -0.290. The zero-order chi connectivity index (χ0) is 18.6. The molecule has 2 amide bonds. The van der Waals surface area contributed by atoms with Gasteiger partial charge >= 0.3 is 0 Å². The van der Waals surface area contributed by atoms with Gasteiger partial charge in [0.05, 0.1) is 35.6 Å². The SMILES string of the molecule is C[C@@H]1CN(C(=O)Cn2cc(NC(=O)CC(C)(C)C#N)cn2)C[C@H](C)O1. The minimum absolute atomic E-state index is 0.0173. The van der Waals surface area contributed by atoms with Crippen LogP contribution in [0.5, 0.6) is 0 Å². The van der Waals surface area contributed by atoms with Gasteiger partial charge in [0.2, 0.25) is 11.8 Å². The van der Waals surface area contributed by atoms with Crippen LogP contribution in [0.4, 0.5) is 5.69 Å². The lowest BCUT2D eigenvalue weighted by Gasteiger charge is -2.35. The van der Waals surface area contributed by atoms with Crippen LogP contribution in [0.15, 0.2) is 12.4 Å². The molecule has 25 heavy (non-hydrogen) atoms. The van der Waals surface area contributed by atoms with E-state index < -0.39 is 5.41 Å². The Balaban J connectivity index is 1.90. The summed E-state index contributed by atoms with van der Waals surface area (Å²) < 4.78 is 7.13. The van der Waals surface area contributed by atoms with E-state index in [2.05, 4.69) is 16.5 Å². The van der Waals surface area contributed by atoms with E-state index in [0.29, 0.717) is 18.8 Å². The molecule has 0 aromatic carbocycles. The highest BCUT2D eigenvalue weighted by Gasteiger charge is 2.26. The second kappa shape index (κ2) is 7.66. The summed E-state index contributed by atoms with van der Waals surface area (Å²) >= 11 is 0. The molecule has 2 atom stereocenters. The fourth-order valence-corrected chi connectivity index (χ4v) is 2.78. The zero-order valence-corrected chi connectivity index (χ0v) is 15.2. The van der Waals surface area contributed by atoms with E-state index in [1.807, 2.05) is 13.8 Å². The highest BCUT2D eigenvalue weighted by atomic mass is 16.5. The molecule has 2 rings (SSSR count). The second-order valence-corrected chi connectivity index (χ2v) is 7.20. The Morgan fingerprint density at radius 2 is 2.04 bits per heavy atom. The quantitative estimate of drug-likeness (QED) is 0.868. The van der Waals surface area contributed by atoms with Crippen LogP contribution in [0.1, 0.15) is 34.1 Å². The topological polar surface area (TPSA) is 100 Å². The molecule has 1 aliphatic heterocycles. The number of anilines is 1. The van der Waals surface area contributed by atoms with Crippen molar-refractivity contribution in [1.29, 1.82) is 5.26 Å².